The van der Waals surface area contributed by atoms with Crippen LogP contribution in [0.5, 0.6) is 0 Å². The fraction of sp³-hybridized carbons (Fsp3) is 0.889. The summed E-state index contributed by atoms with van der Waals surface area (Å²) in [7, 11) is 1.35. The lowest BCUT2D eigenvalue weighted by atomic mass is 10.2. The number of aliphatic hydroxyl groups excluding tert-OH is 2. The molecule has 14 heavy (non-hydrogen) atoms. The third kappa shape index (κ3) is 3.25. The first-order valence-corrected chi connectivity index (χ1v) is 4.79. The number of hydrogen-bond donors (Lipinski definition) is 3. The first-order chi connectivity index (χ1) is 6.69. The monoisotopic (exact) mass is 203 g/mol. The number of methoxy groups -OCH3 is 1. The zero-order valence-electron chi connectivity index (χ0n) is 8.27. The molecule has 0 aromatic rings. The molecule has 1 aliphatic carbocycles. The molecule has 1 aliphatic rings. The second-order valence-electron chi connectivity index (χ2n) is 3.58. The van der Waals surface area contributed by atoms with Crippen LogP contribution in [0, 0.1) is 5.92 Å². The first kappa shape index (κ1) is 11.4. The van der Waals surface area contributed by atoms with Gasteiger partial charge < -0.3 is 20.3 Å². The van der Waals surface area contributed by atoms with E-state index in [0.29, 0.717) is 5.92 Å². The Morgan fingerprint density at radius 3 is 2.71 bits per heavy atom. The van der Waals surface area contributed by atoms with Gasteiger partial charge in [0.05, 0.1) is 19.8 Å². The van der Waals surface area contributed by atoms with Crippen molar-refractivity contribution in [2.45, 2.75) is 25.0 Å². The zero-order valence-corrected chi connectivity index (χ0v) is 8.27. The summed E-state index contributed by atoms with van der Waals surface area (Å²) in [4.78, 5) is 11.3. The predicted octanol–water partition coefficient (Wildman–Crippen LogP) is -1.12. The zero-order chi connectivity index (χ0) is 10.6. The highest BCUT2D eigenvalue weighted by Crippen LogP contribution is 2.33. The predicted molar refractivity (Wildman–Crippen MR) is 49.6 cm³/mol. The minimum atomic E-state index is -0.819. The fourth-order valence-electron chi connectivity index (χ4n) is 1.33. The summed E-state index contributed by atoms with van der Waals surface area (Å²) >= 11 is 0. The van der Waals surface area contributed by atoms with Crippen LogP contribution in [0.15, 0.2) is 0 Å². The maximum atomic E-state index is 11.3. The van der Waals surface area contributed by atoms with Crippen molar-refractivity contribution in [3.8, 4) is 0 Å². The Morgan fingerprint density at radius 1 is 1.64 bits per heavy atom. The molecule has 2 atom stereocenters. The van der Waals surface area contributed by atoms with Gasteiger partial charge in [0.1, 0.15) is 6.04 Å². The van der Waals surface area contributed by atoms with Crippen LogP contribution in [0.1, 0.15) is 12.8 Å². The molecule has 0 amide bonds. The molecule has 2 unspecified atom stereocenters. The average Bonchev–Trinajstić information content (AvgIpc) is 3.01. The Labute approximate surface area is 83.1 Å². The number of ether oxygens (including phenoxy) is 1. The van der Waals surface area contributed by atoms with Crippen LogP contribution in [-0.2, 0) is 9.53 Å². The van der Waals surface area contributed by atoms with E-state index in [9.17, 15) is 4.79 Å². The minimum Gasteiger partial charge on any atom is -0.468 e. The van der Waals surface area contributed by atoms with Crippen molar-refractivity contribution in [2.24, 2.45) is 5.92 Å². The summed E-state index contributed by atoms with van der Waals surface area (Å²) < 4.78 is 4.63. The van der Waals surface area contributed by atoms with Gasteiger partial charge in [-0.05, 0) is 18.8 Å². The van der Waals surface area contributed by atoms with E-state index in [-0.39, 0.29) is 25.2 Å². The molecular formula is C9H17NO4. The van der Waals surface area contributed by atoms with E-state index in [4.69, 9.17) is 10.2 Å². The van der Waals surface area contributed by atoms with Gasteiger partial charge in [-0.25, -0.2) is 0 Å². The Kier molecular flexibility index (Phi) is 4.31. The summed E-state index contributed by atoms with van der Waals surface area (Å²) in [6, 6.07) is -0.332. The van der Waals surface area contributed by atoms with Crippen LogP contribution < -0.4 is 5.32 Å². The number of rotatable bonds is 6. The van der Waals surface area contributed by atoms with E-state index in [1.165, 1.54) is 7.11 Å². The highest BCUT2D eigenvalue weighted by atomic mass is 16.5. The molecule has 1 fully saturated rings. The molecule has 3 N–H and O–H groups in total. The Bertz CT molecular complexity index is 193. The maximum Gasteiger partial charge on any atom is 0.323 e. The van der Waals surface area contributed by atoms with Gasteiger partial charge in [-0.2, -0.15) is 0 Å². The van der Waals surface area contributed by atoms with Crippen LogP contribution in [0.3, 0.4) is 0 Å². The molecule has 0 spiro atoms. The van der Waals surface area contributed by atoms with Gasteiger partial charge in [0.25, 0.3) is 0 Å². The standard InChI is InChI=1S/C9H17NO4/c1-14-9(13)8(6-2-3-6)10-4-7(12)5-11/h6-8,10-12H,2-5H2,1H3. The van der Waals surface area contributed by atoms with Crippen molar-refractivity contribution in [1.82, 2.24) is 5.32 Å². The Balaban J connectivity index is 2.32. The number of nitrogens with one attached hydrogen (secondary N) is 1. The number of carbonyl (C=O) groups is 1. The lowest BCUT2D eigenvalue weighted by Gasteiger charge is -2.17. The molecule has 0 bridgehead atoms. The maximum absolute atomic E-state index is 11.3. The van der Waals surface area contributed by atoms with Gasteiger partial charge in [0.2, 0.25) is 0 Å². The molecule has 0 radical (unpaired) electrons. The van der Waals surface area contributed by atoms with Crippen molar-refractivity contribution in [1.29, 1.82) is 0 Å². The van der Waals surface area contributed by atoms with E-state index < -0.39 is 6.10 Å². The smallest absolute Gasteiger partial charge is 0.323 e. The van der Waals surface area contributed by atoms with Gasteiger partial charge in [-0.15, -0.1) is 0 Å². The highest BCUT2D eigenvalue weighted by Gasteiger charge is 2.36. The summed E-state index contributed by atoms with van der Waals surface area (Å²) in [6.07, 6.45) is 1.21. The van der Waals surface area contributed by atoms with Gasteiger partial charge in [0, 0.05) is 6.54 Å². The lowest BCUT2D eigenvalue weighted by Crippen LogP contribution is -2.43. The topological polar surface area (TPSA) is 78.8 Å². The van der Waals surface area contributed by atoms with E-state index in [1.54, 1.807) is 0 Å². The third-order valence-electron chi connectivity index (χ3n) is 2.33. The average molecular weight is 203 g/mol. The van der Waals surface area contributed by atoms with Gasteiger partial charge in [0.15, 0.2) is 0 Å². The summed E-state index contributed by atoms with van der Waals surface area (Å²) in [6.45, 7) is -0.0850. The first-order valence-electron chi connectivity index (χ1n) is 4.79. The molecule has 0 aromatic carbocycles. The van der Waals surface area contributed by atoms with Crippen LogP contribution in [0.2, 0.25) is 0 Å². The normalized spacial score (nSPS) is 20.2. The number of hydrogen-bond acceptors (Lipinski definition) is 5. The largest absolute Gasteiger partial charge is 0.468 e. The summed E-state index contributed by atoms with van der Waals surface area (Å²) in [5.41, 5.74) is 0. The van der Waals surface area contributed by atoms with Crippen LogP contribution in [0.25, 0.3) is 0 Å². The molecule has 0 aromatic heterocycles. The van der Waals surface area contributed by atoms with Crippen molar-refractivity contribution >= 4 is 5.97 Å². The van der Waals surface area contributed by atoms with E-state index >= 15 is 0 Å². The Morgan fingerprint density at radius 2 is 2.29 bits per heavy atom. The Hall–Kier alpha value is -0.650. The molecule has 5 heteroatoms. The molecule has 82 valence electrons. The van der Waals surface area contributed by atoms with Crippen LogP contribution >= 0.6 is 0 Å². The molecule has 0 saturated heterocycles. The number of carbonyl (C=O) groups excluding carboxylic acids is 1. The van der Waals surface area contributed by atoms with Crippen molar-refractivity contribution in [3.05, 3.63) is 0 Å². The SMILES string of the molecule is COC(=O)C(NCC(O)CO)C1CC1. The lowest BCUT2D eigenvalue weighted by molar-refractivity contribution is -0.143. The number of esters is 1. The van der Waals surface area contributed by atoms with Crippen molar-refractivity contribution in [3.63, 3.8) is 0 Å². The molecule has 1 rings (SSSR count). The minimum absolute atomic E-state index is 0.215. The molecule has 1 saturated carbocycles. The third-order valence-corrected chi connectivity index (χ3v) is 2.33. The van der Waals surface area contributed by atoms with Gasteiger partial charge in [-0.3, -0.25) is 4.79 Å². The number of aliphatic hydroxyl groups is 2. The molecular weight excluding hydrogens is 186 g/mol. The molecule has 5 nitrogen and oxygen atoms in total. The second-order valence-corrected chi connectivity index (χ2v) is 3.58. The van der Waals surface area contributed by atoms with Crippen molar-refractivity contribution in [2.75, 3.05) is 20.3 Å². The van der Waals surface area contributed by atoms with Gasteiger partial charge >= 0.3 is 5.97 Å². The molecule has 0 aliphatic heterocycles. The summed E-state index contributed by atoms with van der Waals surface area (Å²) in [5, 5.41) is 20.6. The summed E-state index contributed by atoms with van der Waals surface area (Å²) in [5.74, 6) is 0.0333. The van der Waals surface area contributed by atoms with E-state index in [1.807, 2.05) is 0 Å². The quantitative estimate of drug-likeness (QED) is 0.477. The van der Waals surface area contributed by atoms with E-state index in [0.717, 1.165) is 12.8 Å². The molecule has 0 heterocycles. The highest BCUT2D eigenvalue weighted by molar-refractivity contribution is 5.76. The second kappa shape index (κ2) is 5.29. The van der Waals surface area contributed by atoms with E-state index in [2.05, 4.69) is 10.1 Å². The van der Waals surface area contributed by atoms with Crippen molar-refractivity contribution < 1.29 is 19.7 Å². The van der Waals surface area contributed by atoms with Crippen LogP contribution in [-0.4, -0.2) is 48.6 Å². The van der Waals surface area contributed by atoms with Crippen LogP contribution in [0.4, 0.5) is 0 Å². The van der Waals surface area contributed by atoms with Gasteiger partial charge in [-0.1, -0.05) is 0 Å². The fourth-order valence-corrected chi connectivity index (χ4v) is 1.33.